The van der Waals surface area contributed by atoms with Gasteiger partial charge in [0.2, 0.25) is 0 Å². The van der Waals surface area contributed by atoms with Gasteiger partial charge in [0.1, 0.15) is 11.2 Å². The summed E-state index contributed by atoms with van der Waals surface area (Å²) in [6.07, 6.45) is 4.29. The van der Waals surface area contributed by atoms with Crippen LogP contribution in [0, 0.1) is 0 Å². The first-order valence-electron chi connectivity index (χ1n) is 13.8. The number of amides is 2. The molecule has 2 atom stereocenters. The second-order valence-electron chi connectivity index (χ2n) is 12.3. The van der Waals surface area contributed by atoms with Crippen LogP contribution in [0.2, 0.25) is 0 Å². The van der Waals surface area contributed by atoms with Gasteiger partial charge >= 0.3 is 24.5 Å². The van der Waals surface area contributed by atoms with Gasteiger partial charge in [-0.2, -0.15) is 19.2 Å². The standard InChI is InChI=1S/C17H23NO2.C14H19NO2.2CO2/c1-6-11-17(5)12-13-9-7-8-10-14(13)18(17)15(19)20-16(2,3)4;1-10-9-11-7-5-6-8-12(11)15(10)13(16)17-14(2,3)4;2*2-1-3/h6-10H,1,11-12H2,2-5H3;5-8,10H,9H2,1-4H3;;. The van der Waals surface area contributed by atoms with Crippen molar-refractivity contribution in [3.05, 3.63) is 72.3 Å². The molecule has 2 amide bonds. The Morgan fingerprint density at radius 3 is 1.79 bits per heavy atom. The van der Waals surface area contributed by atoms with Crippen molar-refractivity contribution in [3.8, 4) is 0 Å². The quantitative estimate of drug-likeness (QED) is 0.359. The molecule has 4 rings (SSSR count). The molecule has 0 saturated carbocycles. The van der Waals surface area contributed by atoms with Gasteiger partial charge in [0, 0.05) is 6.04 Å². The second-order valence-corrected chi connectivity index (χ2v) is 12.3. The Bertz CT molecular complexity index is 1320. The van der Waals surface area contributed by atoms with E-state index in [4.69, 9.17) is 28.7 Å². The minimum atomic E-state index is -0.496. The summed E-state index contributed by atoms with van der Waals surface area (Å²) in [5, 5.41) is 0. The maximum Gasteiger partial charge on any atom is 0.415 e. The third-order valence-corrected chi connectivity index (χ3v) is 6.30. The molecule has 10 heteroatoms. The molecule has 2 aliphatic rings. The van der Waals surface area contributed by atoms with Crippen LogP contribution in [-0.2, 0) is 41.5 Å². The van der Waals surface area contributed by atoms with E-state index in [0.717, 1.165) is 30.6 Å². The summed E-state index contributed by atoms with van der Waals surface area (Å²) in [6.45, 7) is 19.3. The number of fused-ring (bicyclic) bond motifs is 2. The summed E-state index contributed by atoms with van der Waals surface area (Å²) in [6, 6.07) is 16.2. The summed E-state index contributed by atoms with van der Waals surface area (Å²) in [7, 11) is 0. The summed E-state index contributed by atoms with van der Waals surface area (Å²) in [5.41, 5.74) is 3.08. The first-order valence-corrected chi connectivity index (χ1v) is 13.8. The summed E-state index contributed by atoms with van der Waals surface area (Å²) >= 11 is 0. The second kappa shape index (κ2) is 15.6. The van der Waals surface area contributed by atoms with Crippen molar-refractivity contribution in [2.24, 2.45) is 0 Å². The SMILES string of the molecule is C=CCC1(C)Cc2ccccc2N1C(=O)OC(C)(C)C.CC1Cc2ccccc2N1C(=O)OC(C)(C)C.O=C=O.O=C=O. The lowest BCUT2D eigenvalue weighted by molar-refractivity contribution is -0.193. The zero-order valence-electron chi connectivity index (χ0n) is 26.3. The lowest BCUT2D eigenvalue weighted by atomic mass is 9.93. The fraction of sp³-hybridized carbons (Fsp3) is 0.455. The Morgan fingerprint density at radius 2 is 1.30 bits per heavy atom. The van der Waals surface area contributed by atoms with E-state index < -0.39 is 11.2 Å². The summed E-state index contributed by atoms with van der Waals surface area (Å²) in [5.74, 6) is 0. The van der Waals surface area contributed by atoms with Crippen LogP contribution in [0.4, 0.5) is 21.0 Å². The smallest absolute Gasteiger partial charge is 0.415 e. The highest BCUT2D eigenvalue weighted by atomic mass is 16.6. The van der Waals surface area contributed by atoms with Gasteiger partial charge < -0.3 is 9.47 Å². The monoisotopic (exact) mass is 594 g/mol. The van der Waals surface area contributed by atoms with E-state index in [2.05, 4.69) is 25.6 Å². The van der Waals surface area contributed by atoms with Crippen LogP contribution < -0.4 is 9.80 Å². The van der Waals surface area contributed by atoms with Crippen LogP contribution >= 0.6 is 0 Å². The molecule has 2 heterocycles. The Kier molecular flexibility index (Phi) is 13.3. The molecule has 0 bridgehead atoms. The minimum Gasteiger partial charge on any atom is -0.443 e. The van der Waals surface area contributed by atoms with Crippen molar-refractivity contribution < 1.29 is 38.2 Å². The summed E-state index contributed by atoms with van der Waals surface area (Å²) < 4.78 is 11.0. The van der Waals surface area contributed by atoms with E-state index in [1.807, 2.05) is 90.9 Å². The van der Waals surface area contributed by atoms with Gasteiger partial charge in [-0.1, -0.05) is 42.5 Å². The predicted molar refractivity (Wildman–Crippen MR) is 160 cm³/mol. The van der Waals surface area contributed by atoms with Crippen molar-refractivity contribution in [1.82, 2.24) is 0 Å². The average Bonchev–Trinajstić information content (AvgIpc) is 3.36. The molecule has 2 aromatic rings. The number of ether oxygens (including phenoxy) is 2. The average molecular weight is 595 g/mol. The molecule has 0 fully saturated rings. The molecule has 2 unspecified atom stereocenters. The molecule has 43 heavy (non-hydrogen) atoms. The minimum absolute atomic E-state index is 0.169. The molecular weight excluding hydrogens is 552 g/mol. The highest BCUT2D eigenvalue weighted by Crippen LogP contribution is 2.41. The number of rotatable bonds is 2. The number of para-hydroxylation sites is 2. The number of carbonyl (C=O) groups is 2. The zero-order chi connectivity index (χ0) is 33.0. The Balaban J connectivity index is 0.000000367. The van der Waals surface area contributed by atoms with Gasteiger partial charge in [-0.15, -0.1) is 6.58 Å². The molecule has 2 aromatic carbocycles. The van der Waals surface area contributed by atoms with Gasteiger partial charge in [-0.05, 0) is 97.9 Å². The fourth-order valence-electron chi connectivity index (χ4n) is 4.91. The van der Waals surface area contributed by atoms with E-state index in [1.165, 1.54) is 11.1 Å². The van der Waals surface area contributed by atoms with Crippen LogP contribution in [-0.4, -0.2) is 47.3 Å². The van der Waals surface area contributed by atoms with E-state index in [-0.39, 0.29) is 36.1 Å². The molecule has 0 aliphatic carbocycles. The van der Waals surface area contributed by atoms with Gasteiger partial charge in [0.25, 0.3) is 0 Å². The van der Waals surface area contributed by atoms with Crippen LogP contribution in [0.5, 0.6) is 0 Å². The number of hydrogen-bond acceptors (Lipinski definition) is 8. The Labute approximate surface area is 253 Å². The van der Waals surface area contributed by atoms with Crippen LogP contribution in [0.3, 0.4) is 0 Å². The molecular formula is C33H42N2O8. The number of anilines is 2. The number of benzene rings is 2. The van der Waals surface area contributed by atoms with Gasteiger partial charge in [0.15, 0.2) is 0 Å². The van der Waals surface area contributed by atoms with E-state index in [0.29, 0.717) is 0 Å². The zero-order valence-corrected chi connectivity index (χ0v) is 26.3. The molecule has 0 spiro atoms. The van der Waals surface area contributed by atoms with Gasteiger partial charge in [-0.25, -0.2) is 9.59 Å². The van der Waals surface area contributed by atoms with Crippen LogP contribution in [0.15, 0.2) is 61.2 Å². The van der Waals surface area contributed by atoms with E-state index in [1.54, 1.807) is 9.80 Å². The van der Waals surface area contributed by atoms with Crippen LogP contribution in [0.1, 0.15) is 72.9 Å². The lowest BCUT2D eigenvalue weighted by Crippen LogP contribution is -2.49. The number of hydrogen-bond donors (Lipinski definition) is 0. The maximum atomic E-state index is 12.6. The number of nitrogens with zero attached hydrogens (tertiary/aromatic N) is 2. The van der Waals surface area contributed by atoms with E-state index in [9.17, 15) is 9.59 Å². The highest BCUT2D eigenvalue weighted by Gasteiger charge is 2.44. The van der Waals surface area contributed by atoms with Crippen molar-refractivity contribution in [2.75, 3.05) is 9.80 Å². The summed E-state index contributed by atoms with van der Waals surface area (Å²) in [4.78, 5) is 60.8. The normalized spacial score (nSPS) is 17.9. The van der Waals surface area contributed by atoms with Gasteiger partial charge in [0.05, 0.1) is 16.9 Å². The van der Waals surface area contributed by atoms with Crippen molar-refractivity contribution >= 4 is 35.9 Å². The fourth-order valence-corrected chi connectivity index (χ4v) is 4.91. The van der Waals surface area contributed by atoms with Gasteiger partial charge in [-0.3, -0.25) is 9.80 Å². The van der Waals surface area contributed by atoms with Crippen molar-refractivity contribution in [1.29, 1.82) is 0 Å². The first-order chi connectivity index (χ1) is 20.0. The third kappa shape index (κ3) is 10.7. The molecule has 0 N–H and O–H groups in total. The third-order valence-electron chi connectivity index (χ3n) is 6.30. The molecule has 0 radical (unpaired) electrons. The first kappa shape index (κ1) is 36.5. The molecule has 0 aromatic heterocycles. The Hall–Kier alpha value is -4.52. The molecule has 232 valence electrons. The van der Waals surface area contributed by atoms with Crippen molar-refractivity contribution in [3.63, 3.8) is 0 Å². The predicted octanol–water partition coefficient (Wildman–Crippen LogP) is 6.52. The highest BCUT2D eigenvalue weighted by molar-refractivity contribution is 5.93. The largest absolute Gasteiger partial charge is 0.443 e. The molecule has 10 nitrogen and oxygen atoms in total. The maximum absolute atomic E-state index is 12.6. The van der Waals surface area contributed by atoms with E-state index >= 15 is 0 Å². The van der Waals surface area contributed by atoms with Crippen LogP contribution in [0.25, 0.3) is 0 Å². The topological polar surface area (TPSA) is 127 Å². The van der Waals surface area contributed by atoms with Crippen molar-refractivity contribution in [2.45, 2.75) is 97.4 Å². The lowest BCUT2D eigenvalue weighted by Gasteiger charge is -2.36. The molecule has 0 saturated heterocycles. The Morgan fingerprint density at radius 1 is 0.860 bits per heavy atom. The molecule has 2 aliphatic heterocycles. The number of carbonyl (C=O) groups excluding carboxylic acids is 6.